The van der Waals surface area contributed by atoms with E-state index >= 15 is 0 Å². The Kier molecular flexibility index (Phi) is 5.67. The van der Waals surface area contributed by atoms with Gasteiger partial charge in [0.1, 0.15) is 0 Å². The summed E-state index contributed by atoms with van der Waals surface area (Å²) in [5, 5.41) is 16.4. The monoisotopic (exact) mass is 419 g/mol. The van der Waals surface area contributed by atoms with Crippen LogP contribution < -0.4 is 15.1 Å². The molecule has 0 atom stereocenters. The molecule has 0 unspecified atom stereocenters. The van der Waals surface area contributed by atoms with Crippen LogP contribution in [0.2, 0.25) is 0 Å². The molecular formula is C22H21N5O4. The highest BCUT2D eigenvalue weighted by atomic mass is 17.1. The van der Waals surface area contributed by atoms with Crippen LogP contribution in [0.5, 0.6) is 5.75 Å². The molecule has 0 spiro atoms. The lowest BCUT2D eigenvalue weighted by atomic mass is 10.2. The van der Waals surface area contributed by atoms with Gasteiger partial charge in [0.25, 0.3) is 5.91 Å². The second-order valence-corrected chi connectivity index (χ2v) is 6.99. The van der Waals surface area contributed by atoms with Crippen LogP contribution in [0.4, 0.5) is 11.6 Å². The molecule has 0 aliphatic rings. The van der Waals surface area contributed by atoms with Gasteiger partial charge in [0.05, 0.1) is 6.26 Å². The first-order chi connectivity index (χ1) is 15.0. The Hall–Kier alpha value is -4.11. The van der Waals surface area contributed by atoms with Crippen molar-refractivity contribution in [3.05, 3.63) is 78.1 Å². The molecule has 0 saturated carbocycles. The molecule has 0 radical (unpaired) electrons. The maximum absolute atomic E-state index is 13.1. The van der Waals surface area contributed by atoms with Gasteiger partial charge in [-0.1, -0.05) is 18.2 Å². The summed E-state index contributed by atoms with van der Waals surface area (Å²) in [4.78, 5) is 23.8. The lowest BCUT2D eigenvalue weighted by Gasteiger charge is -2.13. The van der Waals surface area contributed by atoms with Crippen molar-refractivity contribution in [3.8, 4) is 17.3 Å². The van der Waals surface area contributed by atoms with Crippen LogP contribution in [0.1, 0.15) is 15.9 Å². The fourth-order valence-corrected chi connectivity index (χ4v) is 2.98. The minimum Gasteiger partial charge on any atom is -0.461 e. The van der Waals surface area contributed by atoms with Gasteiger partial charge in [-0.2, -0.15) is 9.67 Å². The average Bonchev–Trinajstić information content (AvgIpc) is 3.47. The third-order valence-corrected chi connectivity index (χ3v) is 4.63. The molecule has 4 aromatic rings. The maximum Gasteiger partial charge on any atom is 0.281 e. The van der Waals surface area contributed by atoms with Crippen molar-refractivity contribution in [1.29, 1.82) is 0 Å². The van der Waals surface area contributed by atoms with Crippen LogP contribution in [0, 0.1) is 0 Å². The standard InChI is InChI=1S/C22H21N5O4/c1-26(2)17-10-8-15(9-11-17)14-23-22-24-20(19-7-4-12-30-19)25-27(22)21(28)16-5-3-6-18(13-16)31-29/h3-13,29H,14H2,1-2H3,(H,23,24,25). The molecule has 4 rings (SSSR count). The highest BCUT2D eigenvalue weighted by molar-refractivity contribution is 5.97. The van der Waals surface area contributed by atoms with E-state index in [4.69, 9.17) is 9.67 Å². The summed E-state index contributed by atoms with van der Waals surface area (Å²) in [6.07, 6.45) is 1.51. The molecule has 0 fully saturated rings. The van der Waals surface area contributed by atoms with Crippen LogP contribution >= 0.6 is 0 Å². The van der Waals surface area contributed by atoms with Crippen LogP contribution in [-0.2, 0) is 6.54 Å². The number of nitrogens with zero attached hydrogens (tertiary/aromatic N) is 4. The second kappa shape index (κ2) is 8.72. The fourth-order valence-electron chi connectivity index (χ4n) is 2.98. The number of aromatic nitrogens is 3. The summed E-state index contributed by atoms with van der Waals surface area (Å²) in [5.41, 5.74) is 2.39. The molecule has 0 saturated heterocycles. The number of carbonyl (C=O) groups is 1. The SMILES string of the molecule is CN(C)c1ccc(CNc2nc(-c3ccco3)nn2C(=O)c2cccc(OO)c2)cc1. The molecule has 0 aliphatic carbocycles. The van der Waals surface area contributed by atoms with E-state index in [1.54, 1.807) is 24.3 Å². The van der Waals surface area contributed by atoms with Gasteiger partial charge in [0.2, 0.25) is 11.8 Å². The van der Waals surface area contributed by atoms with E-state index in [0.29, 0.717) is 12.3 Å². The minimum absolute atomic E-state index is 0.146. The van der Waals surface area contributed by atoms with E-state index in [9.17, 15) is 4.79 Å². The van der Waals surface area contributed by atoms with Gasteiger partial charge >= 0.3 is 0 Å². The minimum atomic E-state index is -0.435. The van der Waals surface area contributed by atoms with Crippen molar-refractivity contribution < 1.29 is 19.4 Å². The fraction of sp³-hybridized carbons (Fsp3) is 0.136. The third kappa shape index (κ3) is 4.41. The van der Waals surface area contributed by atoms with E-state index < -0.39 is 5.91 Å². The Morgan fingerprint density at radius 2 is 1.97 bits per heavy atom. The first-order valence-corrected chi connectivity index (χ1v) is 9.52. The molecule has 2 heterocycles. The Labute approximate surface area is 178 Å². The summed E-state index contributed by atoms with van der Waals surface area (Å²) in [6, 6.07) is 17.6. The van der Waals surface area contributed by atoms with Crippen molar-refractivity contribution in [2.24, 2.45) is 0 Å². The molecule has 158 valence electrons. The highest BCUT2D eigenvalue weighted by Crippen LogP contribution is 2.21. The van der Waals surface area contributed by atoms with Gasteiger partial charge < -0.3 is 19.5 Å². The summed E-state index contributed by atoms with van der Waals surface area (Å²) in [6.45, 7) is 0.442. The first-order valence-electron chi connectivity index (χ1n) is 9.52. The highest BCUT2D eigenvalue weighted by Gasteiger charge is 2.20. The largest absolute Gasteiger partial charge is 0.461 e. The maximum atomic E-state index is 13.1. The smallest absolute Gasteiger partial charge is 0.281 e. The summed E-state index contributed by atoms with van der Waals surface area (Å²) < 4.78 is 6.54. The molecular weight excluding hydrogens is 398 g/mol. The topological polar surface area (TPSA) is 106 Å². The zero-order chi connectivity index (χ0) is 21.8. The van der Waals surface area contributed by atoms with Gasteiger partial charge in [-0.3, -0.25) is 4.79 Å². The molecule has 0 amide bonds. The van der Waals surface area contributed by atoms with E-state index in [1.807, 2.05) is 43.3 Å². The predicted octanol–water partition coefficient (Wildman–Crippen LogP) is 3.76. The van der Waals surface area contributed by atoms with Crippen molar-refractivity contribution in [1.82, 2.24) is 14.8 Å². The number of anilines is 2. The van der Waals surface area contributed by atoms with Crippen LogP contribution in [0.15, 0.2) is 71.3 Å². The third-order valence-electron chi connectivity index (χ3n) is 4.63. The molecule has 2 aromatic carbocycles. The number of furan rings is 1. The number of nitrogens with one attached hydrogen (secondary N) is 1. The number of hydrogen-bond donors (Lipinski definition) is 2. The van der Waals surface area contributed by atoms with Gasteiger partial charge in [0.15, 0.2) is 11.5 Å². The number of hydrogen-bond acceptors (Lipinski definition) is 8. The Morgan fingerprint density at radius 3 is 2.65 bits per heavy atom. The van der Waals surface area contributed by atoms with Gasteiger partial charge in [-0.15, -0.1) is 5.10 Å². The van der Waals surface area contributed by atoms with Gasteiger partial charge in [-0.05, 0) is 48.0 Å². The quantitative estimate of drug-likeness (QED) is 0.345. The first kappa shape index (κ1) is 20.2. The van der Waals surface area contributed by atoms with Crippen molar-refractivity contribution in [2.45, 2.75) is 6.54 Å². The lowest BCUT2D eigenvalue weighted by molar-refractivity contribution is -0.137. The number of rotatable bonds is 7. The zero-order valence-corrected chi connectivity index (χ0v) is 17.0. The molecule has 0 aliphatic heterocycles. The van der Waals surface area contributed by atoms with Crippen molar-refractivity contribution in [2.75, 3.05) is 24.3 Å². The van der Waals surface area contributed by atoms with Gasteiger partial charge in [0, 0.05) is 31.9 Å². The zero-order valence-electron chi connectivity index (χ0n) is 17.0. The van der Waals surface area contributed by atoms with E-state index in [0.717, 1.165) is 11.3 Å². The Bertz CT molecular complexity index is 1170. The summed E-state index contributed by atoms with van der Waals surface area (Å²) in [5.74, 6) is 0.696. The van der Waals surface area contributed by atoms with Crippen molar-refractivity contribution >= 4 is 17.5 Å². The van der Waals surface area contributed by atoms with Crippen LogP contribution in [-0.4, -0.2) is 40.0 Å². The normalized spacial score (nSPS) is 10.7. The number of carbonyl (C=O) groups excluding carboxylic acids is 1. The average molecular weight is 419 g/mol. The van der Waals surface area contributed by atoms with Crippen LogP contribution in [0.3, 0.4) is 0 Å². The molecule has 2 N–H and O–H groups in total. The predicted molar refractivity (Wildman–Crippen MR) is 115 cm³/mol. The molecule has 0 bridgehead atoms. The Balaban J connectivity index is 1.63. The molecule has 9 heteroatoms. The summed E-state index contributed by atoms with van der Waals surface area (Å²) in [7, 11) is 3.96. The summed E-state index contributed by atoms with van der Waals surface area (Å²) >= 11 is 0. The molecule has 2 aromatic heterocycles. The lowest BCUT2D eigenvalue weighted by Crippen LogP contribution is -2.17. The number of benzene rings is 2. The van der Waals surface area contributed by atoms with Crippen molar-refractivity contribution in [3.63, 3.8) is 0 Å². The van der Waals surface area contributed by atoms with Crippen LogP contribution in [0.25, 0.3) is 11.6 Å². The van der Waals surface area contributed by atoms with E-state index in [2.05, 4.69) is 20.3 Å². The Morgan fingerprint density at radius 1 is 1.16 bits per heavy atom. The molecule has 9 nitrogen and oxygen atoms in total. The van der Waals surface area contributed by atoms with Gasteiger partial charge in [-0.25, -0.2) is 5.26 Å². The van der Waals surface area contributed by atoms with E-state index in [1.165, 1.54) is 23.1 Å². The second-order valence-electron chi connectivity index (χ2n) is 6.99. The molecule has 31 heavy (non-hydrogen) atoms. The van der Waals surface area contributed by atoms with E-state index in [-0.39, 0.29) is 23.1 Å².